The van der Waals surface area contributed by atoms with Crippen molar-refractivity contribution in [1.29, 1.82) is 0 Å². The van der Waals surface area contributed by atoms with Gasteiger partial charge in [-0.15, -0.1) is 0 Å². The van der Waals surface area contributed by atoms with Crippen LogP contribution in [-0.4, -0.2) is 31.0 Å². The van der Waals surface area contributed by atoms with Crippen LogP contribution in [-0.2, 0) is 10.0 Å². The molecule has 0 fully saturated rings. The lowest BCUT2D eigenvalue weighted by Gasteiger charge is -2.19. The van der Waals surface area contributed by atoms with E-state index in [9.17, 15) is 18.0 Å². The van der Waals surface area contributed by atoms with Crippen molar-refractivity contribution in [1.82, 2.24) is 0 Å². The third kappa shape index (κ3) is 4.34. The number of ketones is 1. The average molecular weight is 483 g/mol. The molecule has 172 valence electrons. The third-order valence-corrected chi connectivity index (χ3v) is 6.91. The summed E-state index contributed by atoms with van der Waals surface area (Å²) in [6, 6.07) is 24.8. The lowest BCUT2D eigenvalue weighted by atomic mass is 9.92. The van der Waals surface area contributed by atoms with Crippen molar-refractivity contribution in [3.8, 4) is 0 Å². The summed E-state index contributed by atoms with van der Waals surface area (Å²) in [7, 11) is -4.08. The number of fused-ring (bicyclic) bond motifs is 2. The maximum Gasteiger partial charge on any atom is 0.335 e. The Kier molecular flexibility index (Phi) is 5.50. The molecule has 35 heavy (non-hydrogen) atoms. The van der Waals surface area contributed by atoms with Crippen LogP contribution in [0, 0.1) is 0 Å². The number of sulfonamides is 1. The van der Waals surface area contributed by atoms with E-state index in [-0.39, 0.29) is 27.7 Å². The first kappa shape index (κ1) is 22.2. The summed E-state index contributed by atoms with van der Waals surface area (Å²) < 4.78 is 30.5. The molecule has 0 aromatic heterocycles. The van der Waals surface area contributed by atoms with Crippen LogP contribution in [0.2, 0.25) is 0 Å². The van der Waals surface area contributed by atoms with E-state index >= 15 is 0 Å². The highest BCUT2D eigenvalue weighted by atomic mass is 32.2. The summed E-state index contributed by atoms with van der Waals surface area (Å²) in [5.41, 5.74) is 1.55. The first-order valence-electron chi connectivity index (χ1n) is 10.6. The molecule has 1 aliphatic rings. The predicted octanol–water partition coefficient (Wildman–Crippen LogP) is 4.91. The van der Waals surface area contributed by atoms with Crippen LogP contribution in [0.1, 0.15) is 26.3 Å². The van der Waals surface area contributed by atoms with E-state index in [0.29, 0.717) is 16.8 Å². The summed E-state index contributed by atoms with van der Waals surface area (Å²) in [4.78, 5) is 24.2. The predicted molar refractivity (Wildman–Crippen MR) is 134 cm³/mol. The molecular weight excluding hydrogens is 464 g/mol. The van der Waals surface area contributed by atoms with Crippen LogP contribution in [0.4, 0.5) is 5.69 Å². The summed E-state index contributed by atoms with van der Waals surface area (Å²) in [6.07, 6.45) is 1.40. The Morgan fingerprint density at radius 3 is 2.17 bits per heavy atom. The normalized spacial score (nSPS) is 14.5. The summed E-state index contributed by atoms with van der Waals surface area (Å²) in [5, 5.41) is 13.7. The number of hydrogen-bond acceptors (Lipinski definition) is 5. The van der Waals surface area contributed by atoms with Gasteiger partial charge in [0, 0.05) is 16.8 Å². The molecule has 8 heteroatoms. The van der Waals surface area contributed by atoms with Gasteiger partial charge in [-0.2, -0.15) is 12.8 Å². The van der Waals surface area contributed by atoms with Crippen LogP contribution in [0.15, 0.2) is 112 Å². The number of nitrogens with one attached hydrogen (secondary N) is 1. The van der Waals surface area contributed by atoms with E-state index < -0.39 is 16.0 Å². The Morgan fingerprint density at radius 2 is 1.46 bits per heavy atom. The number of hydrogen-bond donors (Lipinski definition) is 2. The van der Waals surface area contributed by atoms with Crippen molar-refractivity contribution in [2.45, 2.75) is 4.90 Å². The maximum absolute atomic E-state index is 13.2. The van der Waals surface area contributed by atoms with Crippen molar-refractivity contribution in [3.05, 3.63) is 119 Å². The number of carboxylic acid groups (broad SMARTS) is 1. The Bertz CT molecular complexity index is 1670. The Hall–Kier alpha value is -4.56. The number of carboxylic acids is 1. The minimum absolute atomic E-state index is 0.0465. The molecule has 7 nitrogen and oxygen atoms in total. The van der Waals surface area contributed by atoms with Crippen LogP contribution in [0.3, 0.4) is 0 Å². The molecule has 0 amide bonds. The lowest BCUT2D eigenvalue weighted by Crippen LogP contribution is -2.22. The second-order valence-electron chi connectivity index (χ2n) is 7.90. The summed E-state index contributed by atoms with van der Waals surface area (Å²) in [6.45, 7) is 0. The number of carbonyl (C=O) groups is 2. The van der Waals surface area contributed by atoms with Crippen LogP contribution < -0.4 is 5.32 Å². The minimum Gasteiger partial charge on any atom is -0.478 e. The molecule has 1 aliphatic carbocycles. The van der Waals surface area contributed by atoms with Crippen LogP contribution in [0.25, 0.3) is 10.8 Å². The highest BCUT2D eigenvalue weighted by Crippen LogP contribution is 2.26. The summed E-state index contributed by atoms with van der Waals surface area (Å²) >= 11 is 0. The fourth-order valence-electron chi connectivity index (χ4n) is 3.86. The molecule has 0 atom stereocenters. The van der Waals surface area contributed by atoms with E-state index in [0.717, 1.165) is 10.8 Å². The molecule has 0 radical (unpaired) electrons. The number of allylic oxidation sites excluding steroid dienone is 2. The molecule has 0 unspecified atom stereocenters. The number of carbonyl (C=O) groups excluding carboxylic acids is 1. The van der Waals surface area contributed by atoms with Crippen molar-refractivity contribution >= 4 is 43.9 Å². The van der Waals surface area contributed by atoms with Crippen LogP contribution >= 0.6 is 0 Å². The van der Waals surface area contributed by atoms with E-state index in [4.69, 9.17) is 5.11 Å². The second kappa shape index (κ2) is 8.66. The van der Waals surface area contributed by atoms with E-state index in [2.05, 4.69) is 9.71 Å². The quantitative estimate of drug-likeness (QED) is 0.418. The fraction of sp³-hybridized carbons (Fsp3) is 0. The molecule has 0 heterocycles. The number of rotatable bonds is 5. The monoisotopic (exact) mass is 482 g/mol. The largest absolute Gasteiger partial charge is 0.478 e. The fourth-order valence-corrected chi connectivity index (χ4v) is 4.89. The topological polar surface area (TPSA) is 113 Å². The molecule has 0 saturated heterocycles. The highest BCUT2D eigenvalue weighted by molar-refractivity contribution is 7.90. The van der Waals surface area contributed by atoms with Gasteiger partial charge in [0.2, 0.25) is 5.78 Å². The first-order valence-corrected chi connectivity index (χ1v) is 12.1. The van der Waals surface area contributed by atoms with E-state index in [1.165, 1.54) is 36.4 Å². The zero-order valence-electron chi connectivity index (χ0n) is 18.2. The number of nitrogens with zero attached hydrogens (tertiary/aromatic N) is 1. The van der Waals surface area contributed by atoms with Gasteiger partial charge in [-0.05, 0) is 53.2 Å². The smallest absolute Gasteiger partial charge is 0.335 e. The van der Waals surface area contributed by atoms with Crippen molar-refractivity contribution in [2.75, 3.05) is 5.32 Å². The number of aromatic carboxylic acids is 1. The van der Waals surface area contributed by atoms with Gasteiger partial charge in [-0.3, -0.25) is 4.79 Å². The lowest BCUT2D eigenvalue weighted by molar-refractivity contribution is 0.0696. The molecule has 0 saturated carbocycles. The van der Waals surface area contributed by atoms with Crippen molar-refractivity contribution in [3.63, 3.8) is 0 Å². The Balaban J connectivity index is 1.57. The van der Waals surface area contributed by atoms with Gasteiger partial charge in [0.25, 0.3) is 10.0 Å². The Morgan fingerprint density at radius 1 is 0.800 bits per heavy atom. The molecule has 4 aromatic rings. The van der Waals surface area contributed by atoms with Crippen molar-refractivity contribution in [2.24, 2.45) is 4.40 Å². The molecule has 2 N–H and O–H groups in total. The van der Waals surface area contributed by atoms with Gasteiger partial charge >= 0.3 is 5.97 Å². The molecule has 0 bridgehead atoms. The molecule has 0 aliphatic heterocycles. The third-order valence-electron chi connectivity index (χ3n) is 5.62. The molecular formula is C27H18N2O5S. The zero-order chi connectivity index (χ0) is 24.6. The zero-order valence-corrected chi connectivity index (χ0v) is 19.0. The van der Waals surface area contributed by atoms with Gasteiger partial charge in [0.05, 0.1) is 21.9 Å². The number of benzene rings is 4. The van der Waals surface area contributed by atoms with Gasteiger partial charge in [0.15, 0.2) is 0 Å². The van der Waals surface area contributed by atoms with Crippen molar-refractivity contribution < 1.29 is 23.1 Å². The highest BCUT2D eigenvalue weighted by Gasteiger charge is 2.26. The number of Topliss-reactive ketones (excluding diaryl/α,β-unsaturated/α-hetero) is 1. The van der Waals surface area contributed by atoms with Crippen LogP contribution in [0.5, 0.6) is 0 Å². The minimum atomic E-state index is -4.08. The van der Waals surface area contributed by atoms with E-state index in [1.807, 2.05) is 24.3 Å². The van der Waals surface area contributed by atoms with Gasteiger partial charge in [0.1, 0.15) is 0 Å². The van der Waals surface area contributed by atoms with Gasteiger partial charge in [-0.25, -0.2) is 4.79 Å². The van der Waals surface area contributed by atoms with Gasteiger partial charge in [-0.1, -0.05) is 54.6 Å². The molecule has 0 spiro atoms. The first-order chi connectivity index (χ1) is 16.8. The van der Waals surface area contributed by atoms with E-state index in [1.54, 1.807) is 36.4 Å². The Labute approximate surface area is 201 Å². The summed E-state index contributed by atoms with van der Waals surface area (Å²) in [5.74, 6) is -1.39. The SMILES string of the molecule is O=C(O)c1ccc(NC2=CC(=NS(=O)(=O)c3ccc4ccccc4c3)c3ccccc3C2=O)cc1. The molecule has 4 aromatic carbocycles. The second-order valence-corrected chi connectivity index (χ2v) is 9.50. The molecule has 5 rings (SSSR count). The standard InChI is InChI=1S/C27H18N2O5S/c30-26-23-8-4-3-7-22(23)24(16-25(26)28-20-12-9-18(10-13-20)27(31)32)29-35(33,34)21-14-11-17-5-1-2-6-19(17)15-21/h1-16,28H,(H,31,32). The van der Waals surface area contributed by atoms with Gasteiger partial charge < -0.3 is 10.4 Å². The maximum atomic E-state index is 13.2. The number of anilines is 1. The average Bonchev–Trinajstić information content (AvgIpc) is 2.86.